The number of unbranched alkanes of at least 4 members (excludes halogenated alkanes) is 4. The minimum atomic E-state index is -4.69. The Balaban J connectivity index is 0.00000163. The summed E-state index contributed by atoms with van der Waals surface area (Å²) < 4.78 is 43.7. The first-order valence-corrected chi connectivity index (χ1v) is 21.4. The lowest BCUT2D eigenvalue weighted by Crippen LogP contribution is -2.58. The van der Waals surface area contributed by atoms with E-state index in [1.165, 1.54) is 37.1 Å². The van der Waals surface area contributed by atoms with Gasteiger partial charge in [0.25, 0.3) is 0 Å². The highest BCUT2D eigenvalue weighted by Gasteiger charge is 2.29. The number of anilines is 2. The van der Waals surface area contributed by atoms with Crippen LogP contribution in [0.25, 0.3) is 5.57 Å². The van der Waals surface area contributed by atoms with Crippen LogP contribution in [0, 0.1) is 10.2 Å². The molecular formula is C47H63ClN2O7. The number of hydrogen-bond acceptors (Lipinski definition) is 9. The van der Waals surface area contributed by atoms with Crippen molar-refractivity contribution in [3.8, 4) is 11.5 Å². The molecule has 0 aliphatic carbocycles. The number of hydrogen-bond donors (Lipinski definition) is 2. The van der Waals surface area contributed by atoms with Crippen LogP contribution in [-0.4, -0.2) is 50.2 Å². The fourth-order valence-corrected chi connectivity index (χ4v) is 6.53. The maximum atomic E-state index is 12.6. The van der Waals surface area contributed by atoms with Gasteiger partial charge in [0.05, 0.1) is 29.1 Å². The zero-order chi connectivity index (χ0) is 41.7. The van der Waals surface area contributed by atoms with Gasteiger partial charge in [0, 0.05) is 37.6 Å². The summed E-state index contributed by atoms with van der Waals surface area (Å²) in [6.07, 6.45) is 15.4. The molecule has 0 spiro atoms. The molecular weight excluding hydrogens is 740 g/mol. The van der Waals surface area contributed by atoms with Crippen LogP contribution in [0.5, 0.6) is 11.5 Å². The van der Waals surface area contributed by atoms with Crippen LogP contribution in [0.1, 0.15) is 101 Å². The predicted octanol–water partition coefficient (Wildman–Crippen LogP) is 7.32. The Bertz CT molecular complexity index is 1730. The van der Waals surface area contributed by atoms with Gasteiger partial charge in [-0.25, -0.2) is 0 Å². The second kappa shape index (κ2) is 24.4. The van der Waals surface area contributed by atoms with Crippen LogP contribution >= 0.6 is 0 Å². The van der Waals surface area contributed by atoms with Gasteiger partial charge in [0.15, 0.2) is 0 Å². The summed E-state index contributed by atoms with van der Waals surface area (Å²) in [4.78, 5) is 4.99. The van der Waals surface area contributed by atoms with Gasteiger partial charge in [-0.05, 0) is 108 Å². The van der Waals surface area contributed by atoms with Gasteiger partial charge in [0.2, 0.25) is 0 Å². The first kappa shape index (κ1) is 47.0. The fourth-order valence-electron chi connectivity index (χ4n) is 6.53. The highest BCUT2D eigenvalue weighted by molar-refractivity contribution is 5.81. The van der Waals surface area contributed by atoms with Crippen LogP contribution in [0.15, 0.2) is 115 Å². The number of methoxy groups -OCH3 is 2. The van der Waals surface area contributed by atoms with Crippen LogP contribution in [-0.2, 0) is 5.60 Å². The molecule has 0 amide bonds. The van der Waals surface area contributed by atoms with E-state index in [2.05, 4.69) is 104 Å². The molecule has 1 unspecified atom stereocenters. The zero-order valence-electron chi connectivity index (χ0n) is 34.7. The van der Waals surface area contributed by atoms with Crippen LogP contribution in [0.2, 0.25) is 0 Å². The number of ether oxygens (including phenoxy) is 2. The summed E-state index contributed by atoms with van der Waals surface area (Å²) in [5.74, 6) is 1.57. The molecule has 0 fully saturated rings. The van der Waals surface area contributed by atoms with Crippen molar-refractivity contribution in [1.29, 1.82) is 0 Å². The maximum absolute atomic E-state index is 12.6. The molecule has 0 aromatic heterocycles. The zero-order valence-corrected chi connectivity index (χ0v) is 35.4. The summed E-state index contributed by atoms with van der Waals surface area (Å²) >= 11 is 0. The van der Waals surface area contributed by atoms with Crippen molar-refractivity contribution in [3.63, 3.8) is 0 Å². The summed E-state index contributed by atoms with van der Waals surface area (Å²) in [7, 11) is -1.34. The number of benzene rings is 4. The molecule has 0 saturated heterocycles. The van der Waals surface area contributed by atoms with E-state index in [-0.39, 0.29) is 0 Å². The standard InChI is InChI=1S/C47H62N2O3.ClHO4/c1-7-11-34-48(35-12-8-2)42-25-17-38(18-26-42)46(39-19-29-44(51-5)30-20-39)16-15-33-47(50,41-23-31-45(52-6)32-24-41)40-21-27-43(28-22-40)49(36-13-9-3)37-14-10-4;2-1(3,4)5/h15-33,50H,7-14,34-37H2,1-6H3;(H,2,3,4,5). The van der Waals surface area contributed by atoms with E-state index in [4.69, 9.17) is 28.1 Å². The Morgan fingerprint density at radius 3 is 1.25 bits per heavy atom. The predicted molar refractivity (Wildman–Crippen MR) is 224 cm³/mol. The lowest BCUT2D eigenvalue weighted by atomic mass is 9.85. The summed E-state index contributed by atoms with van der Waals surface area (Å²) in [5.41, 5.74) is 5.92. The van der Waals surface area contributed by atoms with Gasteiger partial charge >= 0.3 is 0 Å². The second-order valence-corrected chi connectivity index (χ2v) is 14.8. The van der Waals surface area contributed by atoms with Gasteiger partial charge < -0.3 is 24.4 Å². The van der Waals surface area contributed by atoms with Gasteiger partial charge in [-0.3, -0.25) is 0 Å². The molecule has 57 heavy (non-hydrogen) atoms. The molecule has 0 heterocycles. The van der Waals surface area contributed by atoms with Crippen molar-refractivity contribution in [2.45, 2.75) is 84.7 Å². The maximum Gasteiger partial charge on any atom is 0.133 e. The topological polar surface area (TPSA) is 135 Å². The minimum Gasteiger partial charge on any atom is -0.497 e. The number of nitrogens with zero attached hydrogens (tertiary/aromatic N) is 2. The molecule has 2 N–H and O–H groups in total. The van der Waals surface area contributed by atoms with Crippen molar-refractivity contribution in [2.24, 2.45) is 0 Å². The van der Waals surface area contributed by atoms with Crippen molar-refractivity contribution in [3.05, 3.63) is 138 Å². The average Bonchev–Trinajstić information content (AvgIpc) is 3.22. The third kappa shape index (κ3) is 15.5. The number of aliphatic hydroxyl groups is 1. The lowest BCUT2D eigenvalue weighted by molar-refractivity contribution is -1.92. The van der Waals surface area contributed by atoms with Gasteiger partial charge in [-0.1, -0.05) is 114 Å². The Hall–Kier alpha value is -4.35. The Kier molecular flexibility index (Phi) is 20.2. The van der Waals surface area contributed by atoms with E-state index in [1.807, 2.05) is 48.6 Å². The van der Waals surface area contributed by atoms with Crippen LogP contribution in [0.3, 0.4) is 0 Å². The van der Waals surface area contributed by atoms with E-state index in [9.17, 15) is 5.11 Å². The highest BCUT2D eigenvalue weighted by Crippen LogP contribution is 2.35. The highest BCUT2D eigenvalue weighted by atomic mass is 35.7. The molecule has 0 aliphatic heterocycles. The van der Waals surface area contributed by atoms with Crippen molar-refractivity contribution in [1.82, 2.24) is 0 Å². The van der Waals surface area contributed by atoms with E-state index >= 15 is 0 Å². The molecule has 310 valence electrons. The van der Waals surface area contributed by atoms with Crippen LogP contribution < -0.4 is 33.3 Å². The van der Waals surface area contributed by atoms with E-state index in [0.717, 1.165) is 91.2 Å². The monoisotopic (exact) mass is 802 g/mol. The molecule has 0 bridgehead atoms. The molecule has 1 atom stereocenters. The number of rotatable bonds is 22. The van der Waals surface area contributed by atoms with Crippen molar-refractivity contribution in [2.75, 3.05) is 50.2 Å². The second-order valence-electron chi connectivity index (χ2n) is 14.0. The summed E-state index contributed by atoms with van der Waals surface area (Å²) in [6, 6.07) is 33.3. The summed E-state index contributed by atoms with van der Waals surface area (Å²) in [6.45, 7) is 13.2. The van der Waals surface area contributed by atoms with Crippen molar-refractivity contribution >= 4 is 16.9 Å². The Morgan fingerprint density at radius 1 is 0.579 bits per heavy atom. The Labute approximate surface area is 343 Å². The molecule has 0 saturated carbocycles. The first-order valence-electron chi connectivity index (χ1n) is 20.2. The van der Waals surface area contributed by atoms with E-state index < -0.39 is 15.8 Å². The average molecular weight is 803 g/mol. The molecule has 9 nitrogen and oxygen atoms in total. The lowest BCUT2D eigenvalue weighted by Gasteiger charge is -2.28. The van der Waals surface area contributed by atoms with Gasteiger partial charge in [0.1, 0.15) is 17.1 Å². The molecule has 4 aromatic rings. The first-order chi connectivity index (χ1) is 27.4. The number of halogens is 1. The SMILES string of the molecule is CCCCN(CCCC)c1ccc(C(=CC=CC(O)(c2ccc(OC)cc2)c2ccc(N(CCCC)CCCC)cc2)c2ccc(OC)cc2)cc1.[O-][Cl+3]([O-])([O-])O. The summed E-state index contributed by atoms with van der Waals surface area (Å²) in [5, 5.41) is 12.6. The largest absolute Gasteiger partial charge is 0.497 e. The van der Waals surface area contributed by atoms with E-state index in [0.29, 0.717) is 0 Å². The van der Waals surface area contributed by atoms with Gasteiger partial charge in [-0.15, -0.1) is 0 Å². The van der Waals surface area contributed by atoms with Crippen molar-refractivity contribution < 1.29 is 43.5 Å². The van der Waals surface area contributed by atoms with Gasteiger partial charge in [-0.2, -0.15) is 14.0 Å². The molecule has 4 rings (SSSR count). The smallest absolute Gasteiger partial charge is 0.133 e. The third-order valence-electron chi connectivity index (χ3n) is 9.87. The third-order valence-corrected chi connectivity index (χ3v) is 9.87. The quantitative estimate of drug-likeness (QED) is 0.0785. The number of allylic oxidation sites excluding steroid dienone is 2. The Morgan fingerprint density at radius 2 is 0.895 bits per heavy atom. The van der Waals surface area contributed by atoms with E-state index in [1.54, 1.807) is 14.2 Å². The van der Waals surface area contributed by atoms with Crippen LogP contribution in [0.4, 0.5) is 11.4 Å². The molecule has 10 heteroatoms. The molecule has 0 radical (unpaired) electrons. The molecule has 4 aromatic carbocycles. The molecule has 0 aliphatic rings. The normalized spacial score (nSPS) is 12.8. The fraction of sp³-hybridized carbons (Fsp3) is 0.404. The minimum absolute atomic E-state index is 0.751.